The summed E-state index contributed by atoms with van der Waals surface area (Å²) in [7, 11) is 4.57. The van der Waals surface area contributed by atoms with E-state index in [9.17, 15) is 15.0 Å². The highest BCUT2D eigenvalue weighted by Crippen LogP contribution is 2.70. The largest absolute Gasteiger partial charge is 0.497 e. The first kappa shape index (κ1) is 27.9. The van der Waals surface area contributed by atoms with Gasteiger partial charge in [0.15, 0.2) is 17.0 Å². The number of methoxy groups -OCH3 is 3. The molecule has 2 N–H and O–H groups in total. The molecule has 0 spiro atoms. The van der Waals surface area contributed by atoms with Gasteiger partial charge in [0.1, 0.15) is 34.9 Å². The van der Waals surface area contributed by atoms with Crippen LogP contribution in [0.4, 0.5) is 0 Å². The van der Waals surface area contributed by atoms with Crippen molar-refractivity contribution in [1.82, 2.24) is 0 Å². The third-order valence-electron chi connectivity index (χ3n) is 8.66. The van der Waals surface area contributed by atoms with E-state index in [-0.39, 0.29) is 17.1 Å². The minimum atomic E-state index is -2.12. The zero-order valence-corrected chi connectivity index (χ0v) is 24.0. The summed E-state index contributed by atoms with van der Waals surface area (Å²) in [6, 6.07) is 23.2. The van der Waals surface area contributed by atoms with Crippen LogP contribution in [0.25, 0.3) is 0 Å². The van der Waals surface area contributed by atoms with Crippen LogP contribution in [0.2, 0.25) is 0 Å². The molecule has 2 aliphatic rings. The van der Waals surface area contributed by atoms with Crippen LogP contribution in [0.1, 0.15) is 52.3 Å². The zero-order chi connectivity index (χ0) is 29.6. The average molecular weight is 571 g/mol. The molecular formula is C34H34O8. The van der Waals surface area contributed by atoms with Crippen molar-refractivity contribution in [1.29, 1.82) is 0 Å². The van der Waals surface area contributed by atoms with Gasteiger partial charge in [0.25, 0.3) is 0 Å². The summed E-state index contributed by atoms with van der Waals surface area (Å²) >= 11 is 0. The summed E-state index contributed by atoms with van der Waals surface area (Å²) in [4.78, 5) is 14.4. The summed E-state index contributed by atoms with van der Waals surface area (Å²) < 4.78 is 29.5. The maximum absolute atomic E-state index is 14.4. The number of ether oxygens (including phenoxy) is 4. The Morgan fingerprint density at radius 2 is 1.62 bits per heavy atom. The Labute approximate surface area is 244 Å². The van der Waals surface area contributed by atoms with Crippen molar-refractivity contribution in [3.63, 3.8) is 0 Å². The second-order valence-corrected chi connectivity index (χ2v) is 10.8. The summed E-state index contributed by atoms with van der Waals surface area (Å²) in [6.45, 7) is 2.03. The van der Waals surface area contributed by atoms with Crippen LogP contribution in [0.5, 0.6) is 23.0 Å². The third kappa shape index (κ3) is 3.86. The van der Waals surface area contributed by atoms with Gasteiger partial charge in [-0.15, -0.1) is 0 Å². The molecule has 8 nitrogen and oxygen atoms in total. The number of aryl methyl sites for hydroxylation is 1. The van der Waals surface area contributed by atoms with E-state index in [1.807, 2.05) is 37.3 Å². The Hall–Kier alpha value is -4.27. The number of Topliss-reactive ketones (excluding diaryl/α,β-unsaturated/α-hetero) is 1. The molecule has 1 aliphatic heterocycles. The fourth-order valence-electron chi connectivity index (χ4n) is 6.85. The number of furan rings is 1. The monoisotopic (exact) mass is 570 g/mol. The van der Waals surface area contributed by atoms with Gasteiger partial charge in [-0.1, -0.05) is 49.4 Å². The molecule has 0 bridgehead atoms. The van der Waals surface area contributed by atoms with Crippen LogP contribution in [0.15, 0.2) is 83.3 Å². The molecule has 3 aromatic carbocycles. The van der Waals surface area contributed by atoms with Crippen LogP contribution < -0.4 is 18.9 Å². The normalized spacial score (nSPS) is 25.8. The first-order chi connectivity index (χ1) is 20.3. The van der Waals surface area contributed by atoms with E-state index >= 15 is 0 Å². The SMILES string of the molecule is CCCc1ccc(C(=O)[C@H]2[C@@H](O)[C@@]3(O)c4c(OC)cc(OC)cc4O[C@@]3(c3ccc(OC)cc3)[C@@H]2c2ccccc2)o1. The predicted molar refractivity (Wildman–Crippen MR) is 154 cm³/mol. The number of rotatable bonds is 9. The van der Waals surface area contributed by atoms with Crippen molar-refractivity contribution in [2.75, 3.05) is 21.3 Å². The molecule has 0 unspecified atom stereocenters. The topological polar surface area (TPSA) is 108 Å². The van der Waals surface area contributed by atoms with E-state index in [4.69, 9.17) is 23.4 Å². The van der Waals surface area contributed by atoms with Crippen LogP contribution in [-0.4, -0.2) is 43.4 Å². The van der Waals surface area contributed by atoms with Gasteiger partial charge in [-0.2, -0.15) is 0 Å². The Balaban J connectivity index is 1.65. The first-order valence-corrected chi connectivity index (χ1v) is 14.0. The van der Waals surface area contributed by atoms with Gasteiger partial charge in [-0.05, 0) is 41.8 Å². The average Bonchev–Trinajstić information content (AvgIpc) is 3.65. The number of carbonyl (C=O) groups excluding carboxylic acids is 1. The van der Waals surface area contributed by atoms with E-state index < -0.39 is 34.9 Å². The fourth-order valence-corrected chi connectivity index (χ4v) is 6.85. The second kappa shape index (κ2) is 10.5. The number of hydrogen-bond acceptors (Lipinski definition) is 8. The van der Waals surface area contributed by atoms with Gasteiger partial charge in [0.05, 0.1) is 32.8 Å². The van der Waals surface area contributed by atoms with Crippen LogP contribution in [0, 0.1) is 5.92 Å². The molecule has 218 valence electrons. The summed E-state index contributed by atoms with van der Waals surface area (Å²) in [5.41, 5.74) is -2.26. The van der Waals surface area contributed by atoms with Gasteiger partial charge in [0, 0.05) is 24.5 Å². The lowest BCUT2D eigenvalue weighted by Crippen LogP contribution is -2.52. The first-order valence-electron chi connectivity index (χ1n) is 14.0. The molecule has 0 saturated heterocycles. The Morgan fingerprint density at radius 3 is 2.26 bits per heavy atom. The summed E-state index contributed by atoms with van der Waals surface area (Å²) in [5, 5.41) is 25.3. The highest BCUT2D eigenvalue weighted by Gasteiger charge is 2.78. The molecule has 2 heterocycles. The standard InChI is InChI=1S/C34H34O8/c1-5-9-23-16-17-25(41-23)31(35)28-29(20-10-7-6-8-11-20)34(21-12-14-22(38-2)15-13-21)33(37,32(28)36)30-26(40-4)18-24(39-3)19-27(30)42-34/h6-8,10-19,28-29,32,36-37H,5,9H2,1-4H3/t28-,29+,32+,33-,34-/m0/s1. The van der Waals surface area contributed by atoms with E-state index in [1.165, 1.54) is 14.2 Å². The number of fused-ring (bicyclic) bond motifs is 3. The van der Waals surface area contributed by atoms with E-state index in [0.29, 0.717) is 40.6 Å². The highest BCUT2D eigenvalue weighted by atomic mass is 16.5. The quantitative estimate of drug-likeness (QED) is 0.258. The molecule has 1 saturated carbocycles. The maximum atomic E-state index is 14.4. The van der Waals surface area contributed by atoms with Crippen molar-refractivity contribution in [3.05, 3.63) is 107 Å². The van der Waals surface area contributed by atoms with Gasteiger partial charge in [-0.3, -0.25) is 4.79 Å². The van der Waals surface area contributed by atoms with E-state index in [2.05, 4.69) is 0 Å². The molecular weight excluding hydrogens is 536 g/mol. The molecule has 1 aromatic heterocycles. The molecule has 42 heavy (non-hydrogen) atoms. The predicted octanol–water partition coefficient (Wildman–Crippen LogP) is 5.39. The maximum Gasteiger partial charge on any atom is 0.204 e. The Morgan fingerprint density at radius 1 is 0.905 bits per heavy atom. The smallest absolute Gasteiger partial charge is 0.204 e. The minimum Gasteiger partial charge on any atom is -0.497 e. The van der Waals surface area contributed by atoms with E-state index in [0.717, 1.165) is 6.42 Å². The van der Waals surface area contributed by atoms with Gasteiger partial charge in [0.2, 0.25) is 5.78 Å². The summed E-state index contributed by atoms with van der Waals surface area (Å²) in [5.74, 6) is 0.0199. The molecule has 6 rings (SSSR count). The fraction of sp³-hybridized carbons (Fsp3) is 0.324. The highest BCUT2D eigenvalue weighted by molar-refractivity contribution is 5.97. The van der Waals surface area contributed by atoms with Crippen LogP contribution in [0.3, 0.4) is 0 Å². The van der Waals surface area contributed by atoms with Crippen LogP contribution in [-0.2, 0) is 17.6 Å². The minimum absolute atomic E-state index is 0.124. The lowest BCUT2D eigenvalue weighted by molar-refractivity contribution is -0.151. The molecule has 1 aliphatic carbocycles. The van der Waals surface area contributed by atoms with E-state index in [1.54, 1.807) is 55.6 Å². The molecule has 0 amide bonds. The summed E-state index contributed by atoms with van der Waals surface area (Å²) in [6.07, 6.45) is -0.0769. The second-order valence-electron chi connectivity index (χ2n) is 10.8. The number of ketones is 1. The van der Waals surface area contributed by atoms with Crippen molar-refractivity contribution < 1.29 is 38.4 Å². The van der Waals surface area contributed by atoms with Gasteiger partial charge in [-0.25, -0.2) is 0 Å². The number of benzene rings is 3. The third-order valence-corrected chi connectivity index (χ3v) is 8.66. The molecule has 8 heteroatoms. The lowest BCUT2D eigenvalue weighted by atomic mass is 9.70. The molecule has 4 aromatic rings. The molecule has 1 fully saturated rings. The van der Waals surface area contributed by atoms with Crippen molar-refractivity contribution >= 4 is 5.78 Å². The van der Waals surface area contributed by atoms with Crippen molar-refractivity contribution in [2.45, 2.75) is 43.0 Å². The zero-order valence-electron chi connectivity index (χ0n) is 24.0. The molecule has 0 radical (unpaired) electrons. The number of hydrogen-bond donors (Lipinski definition) is 2. The number of aliphatic hydroxyl groups excluding tert-OH is 1. The van der Waals surface area contributed by atoms with Crippen molar-refractivity contribution in [3.8, 4) is 23.0 Å². The van der Waals surface area contributed by atoms with Crippen LogP contribution >= 0.6 is 0 Å². The van der Waals surface area contributed by atoms with Crippen molar-refractivity contribution in [2.24, 2.45) is 5.92 Å². The Kier molecular flexibility index (Phi) is 6.99. The Bertz CT molecular complexity index is 1590. The van der Waals surface area contributed by atoms with Gasteiger partial charge >= 0.3 is 0 Å². The number of aliphatic hydroxyl groups is 2. The lowest BCUT2D eigenvalue weighted by Gasteiger charge is -2.40. The molecule has 5 atom stereocenters. The van der Waals surface area contributed by atoms with Gasteiger partial charge < -0.3 is 33.6 Å². The number of carbonyl (C=O) groups is 1.